The lowest BCUT2D eigenvalue weighted by Crippen LogP contribution is -2.24. The molecule has 0 radical (unpaired) electrons. The monoisotopic (exact) mass is 307 g/mol. The number of carbonyl (C=O) groups excluding carboxylic acids is 1. The molecule has 0 aliphatic heterocycles. The molecule has 1 amide bonds. The van der Waals surface area contributed by atoms with Gasteiger partial charge in [-0.15, -0.1) is 0 Å². The quantitative estimate of drug-likeness (QED) is 0.920. The van der Waals surface area contributed by atoms with Gasteiger partial charge in [-0.2, -0.15) is 0 Å². The van der Waals surface area contributed by atoms with Gasteiger partial charge >= 0.3 is 0 Å². The van der Waals surface area contributed by atoms with E-state index in [9.17, 15) is 9.18 Å². The molecule has 5 heteroatoms. The Morgan fingerprint density at radius 2 is 2.00 bits per heavy atom. The van der Waals surface area contributed by atoms with Crippen molar-refractivity contribution in [3.8, 4) is 5.75 Å². The number of nitrogens with one attached hydrogen (secondary N) is 1. The molecular formula is C16H15ClFNO2. The van der Waals surface area contributed by atoms with Crippen molar-refractivity contribution in [3.63, 3.8) is 0 Å². The van der Waals surface area contributed by atoms with Crippen LogP contribution in [0.2, 0.25) is 5.02 Å². The lowest BCUT2D eigenvalue weighted by molar-refractivity contribution is -0.120. The van der Waals surface area contributed by atoms with Crippen molar-refractivity contribution >= 4 is 17.5 Å². The first-order valence-electron chi connectivity index (χ1n) is 6.42. The summed E-state index contributed by atoms with van der Waals surface area (Å²) < 4.78 is 18.3. The first kappa shape index (κ1) is 15.3. The van der Waals surface area contributed by atoms with Crippen LogP contribution in [0.4, 0.5) is 4.39 Å². The molecule has 2 aromatic rings. The van der Waals surface area contributed by atoms with E-state index in [-0.39, 0.29) is 12.3 Å². The maximum atomic E-state index is 13.2. The van der Waals surface area contributed by atoms with Gasteiger partial charge < -0.3 is 10.1 Å². The number of benzene rings is 2. The number of halogens is 2. The summed E-state index contributed by atoms with van der Waals surface area (Å²) in [5, 5.41) is 3.36. The van der Waals surface area contributed by atoms with Crippen LogP contribution in [-0.2, 0) is 17.8 Å². The molecule has 21 heavy (non-hydrogen) atoms. The zero-order valence-corrected chi connectivity index (χ0v) is 12.3. The minimum Gasteiger partial charge on any atom is -0.496 e. The van der Waals surface area contributed by atoms with Crippen LogP contribution in [0, 0.1) is 5.82 Å². The predicted octanol–water partition coefficient (Wildman–Crippen LogP) is 3.35. The number of methoxy groups -OCH3 is 1. The molecule has 0 fully saturated rings. The van der Waals surface area contributed by atoms with Gasteiger partial charge in [0.15, 0.2) is 0 Å². The van der Waals surface area contributed by atoms with E-state index in [1.807, 2.05) is 18.2 Å². The van der Waals surface area contributed by atoms with Gasteiger partial charge in [0.1, 0.15) is 11.6 Å². The number of ether oxygens (including phenoxy) is 1. The van der Waals surface area contributed by atoms with E-state index in [4.69, 9.17) is 16.3 Å². The smallest absolute Gasteiger partial charge is 0.224 e. The van der Waals surface area contributed by atoms with Crippen molar-refractivity contribution in [2.45, 2.75) is 13.0 Å². The fourth-order valence-electron chi connectivity index (χ4n) is 1.96. The Kier molecular flexibility index (Phi) is 5.17. The summed E-state index contributed by atoms with van der Waals surface area (Å²) in [4.78, 5) is 11.9. The Bertz CT molecular complexity index is 646. The average molecular weight is 308 g/mol. The Morgan fingerprint density at radius 3 is 2.71 bits per heavy atom. The fraction of sp³-hybridized carbons (Fsp3) is 0.188. The summed E-state index contributed by atoms with van der Waals surface area (Å²) >= 11 is 6.02. The second-order valence-corrected chi connectivity index (χ2v) is 4.91. The molecule has 0 bridgehead atoms. The Labute approximate surface area is 127 Å². The minimum atomic E-state index is -0.398. The Morgan fingerprint density at radius 1 is 1.24 bits per heavy atom. The van der Waals surface area contributed by atoms with Gasteiger partial charge in [0, 0.05) is 17.1 Å². The van der Waals surface area contributed by atoms with E-state index in [0.29, 0.717) is 22.9 Å². The molecule has 0 unspecified atom stereocenters. The standard InChI is InChI=1S/C16H15ClFNO2/c1-21-15-7-6-13(18)8-12(15)9-16(20)19-10-11-4-2-3-5-14(11)17/h2-8H,9-10H2,1H3,(H,19,20). The van der Waals surface area contributed by atoms with Gasteiger partial charge in [0.05, 0.1) is 13.5 Å². The second-order valence-electron chi connectivity index (χ2n) is 4.50. The van der Waals surface area contributed by atoms with E-state index in [1.165, 1.54) is 25.3 Å². The molecule has 0 spiro atoms. The summed E-state index contributed by atoms with van der Waals surface area (Å²) in [5.74, 6) is -0.132. The van der Waals surface area contributed by atoms with E-state index >= 15 is 0 Å². The van der Waals surface area contributed by atoms with Crippen LogP contribution in [0.1, 0.15) is 11.1 Å². The van der Waals surface area contributed by atoms with Crippen molar-refractivity contribution < 1.29 is 13.9 Å². The van der Waals surface area contributed by atoms with Gasteiger partial charge in [0.2, 0.25) is 5.91 Å². The first-order valence-corrected chi connectivity index (χ1v) is 6.80. The number of carbonyl (C=O) groups is 1. The highest BCUT2D eigenvalue weighted by Crippen LogP contribution is 2.20. The van der Waals surface area contributed by atoms with E-state index in [2.05, 4.69) is 5.32 Å². The summed E-state index contributed by atoms with van der Waals surface area (Å²) in [5.41, 5.74) is 1.34. The van der Waals surface area contributed by atoms with E-state index in [0.717, 1.165) is 5.56 Å². The van der Waals surface area contributed by atoms with Crippen LogP contribution in [0.25, 0.3) is 0 Å². The maximum absolute atomic E-state index is 13.2. The zero-order valence-electron chi connectivity index (χ0n) is 11.5. The fourth-order valence-corrected chi connectivity index (χ4v) is 2.16. The Hall–Kier alpha value is -2.07. The van der Waals surface area contributed by atoms with E-state index in [1.54, 1.807) is 6.07 Å². The molecule has 0 aromatic heterocycles. The number of amides is 1. The Balaban J connectivity index is 1.99. The van der Waals surface area contributed by atoms with Gasteiger partial charge in [-0.25, -0.2) is 4.39 Å². The second kappa shape index (κ2) is 7.09. The molecule has 2 aromatic carbocycles. The predicted molar refractivity (Wildman–Crippen MR) is 80.0 cm³/mol. The number of hydrogen-bond acceptors (Lipinski definition) is 2. The maximum Gasteiger partial charge on any atom is 0.224 e. The molecule has 0 atom stereocenters. The lowest BCUT2D eigenvalue weighted by Gasteiger charge is -2.10. The minimum absolute atomic E-state index is 0.0470. The van der Waals surface area contributed by atoms with Crippen molar-refractivity contribution in [1.29, 1.82) is 0 Å². The van der Waals surface area contributed by atoms with Gasteiger partial charge in [-0.05, 0) is 29.8 Å². The molecule has 3 nitrogen and oxygen atoms in total. The zero-order chi connectivity index (χ0) is 15.2. The third-order valence-electron chi connectivity index (χ3n) is 3.03. The average Bonchev–Trinajstić information content (AvgIpc) is 2.47. The molecular weight excluding hydrogens is 293 g/mol. The highest BCUT2D eigenvalue weighted by atomic mass is 35.5. The highest BCUT2D eigenvalue weighted by Gasteiger charge is 2.10. The van der Waals surface area contributed by atoms with E-state index < -0.39 is 5.82 Å². The summed E-state index contributed by atoms with van der Waals surface area (Å²) in [7, 11) is 1.48. The van der Waals surface area contributed by atoms with Crippen LogP contribution in [0.15, 0.2) is 42.5 Å². The molecule has 0 aliphatic carbocycles. The van der Waals surface area contributed by atoms with Crippen LogP contribution in [0.3, 0.4) is 0 Å². The van der Waals surface area contributed by atoms with Crippen LogP contribution >= 0.6 is 11.6 Å². The van der Waals surface area contributed by atoms with Gasteiger partial charge in [-0.3, -0.25) is 4.79 Å². The third kappa shape index (κ3) is 4.20. The third-order valence-corrected chi connectivity index (χ3v) is 3.40. The highest BCUT2D eigenvalue weighted by molar-refractivity contribution is 6.31. The van der Waals surface area contributed by atoms with Gasteiger partial charge in [0.25, 0.3) is 0 Å². The first-order chi connectivity index (χ1) is 10.1. The van der Waals surface area contributed by atoms with Crippen LogP contribution < -0.4 is 10.1 Å². The molecule has 1 N–H and O–H groups in total. The van der Waals surface area contributed by atoms with Crippen LogP contribution in [-0.4, -0.2) is 13.0 Å². The summed E-state index contributed by atoms with van der Waals surface area (Å²) in [6.07, 6.45) is 0.0470. The van der Waals surface area contributed by atoms with Crippen molar-refractivity contribution in [3.05, 3.63) is 64.4 Å². The summed E-state index contributed by atoms with van der Waals surface area (Å²) in [6.45, 7) is 0.330. The molecule has 2 rings (SSSR count). The molecule has 110 valence electrons. The van der Waals surface area contributed by atoms with Crippen molar-refractivity contribution in [2.24, 2.45) is 0 Å². The number of rotatable bonds is 5. The largest absolute Gasteiger partial charge is 0.496 e. The molecule has 0 aliphatic rings. The molecule has 0 saturated carbocycles. The van der Waals surface area contributed by atoms with Crippen LogP contribution in [0.5, 0.6) is 5.75 Å². The summed E-state index contributed by atoms with van der Waals surface area (Å²) in [6, 6.07) is 11.4. The normalized spacial score (nSPS) is 10.2. The van der Waals surface area contributed by atoms with Crippen molar-refractivity contribution in [2.75, 3.05) is 7.11 Å². The topological polar surface area (TPSA) is 38.3 Å². The molecule has 0 heterocycles. The number of hydrogen-bond donors (Lipinski definition) is 1. The van der Waals surface area contributed by atoms with Crippen molar-refractivity contribution in [1.82, 2.24) is 5.32 Å². The lowest BCUT2D eigenvalue weighted by atomic mass is 10.1. The van der Waals surface area contributed by atoms with Gasteiger partial charge in [-0.1, -0.05) is 29.8 Å². The SMILES string of the molecule is COc1ccc(F)cc1CC(=O)NCc1ccccc1Cl. The molecule has 0 saturated heterocycles.